The Bertz CT molecular complexity index is 2060. The molecule has 0 saturated heterocycles. The van der Waals surface area contributed by atoms with Crippen LogP contribution >= 0.6 is 0 Å². The molecule has 0 amide bonds. The van der Waals surface area contributed by atoms with Crippen LogP contribution in [0.2, 0.25) is 0 Å². The average Bonchev–Trinajstić information content (AvgIpc) is 3.45. The summed E-state index contributed by atoms with van der Waals surface area (Å²) < 4.78 is 2.12. The van der Waals surface area contributed by atoms with Crippen molar-refractivity contribution in [3.8, 4) is 45.2 Å². The average molecular weight is 558 g/mol. The smallest absolute Gasteiger partial charge is 0.149 e. The minimum absolute atomic E-state index is 0.197. The molecule has 0 saturated carbocycles. The molecule has 0 unspecified atom stereocenters. The molecule has 4 nitrogen and oxygen atoms in total. The van der Waals surface area contributed by atoms with Gasteiger partial charge in [0.1, 0.15) is 11.6 Å². The summed E-state index contributed by atoms with van der Waals surface area (Å²) in [6, 6.07) is 49.1. The Kier molecular flexibility index (Phi) is 6.59. The summed E-state index contributed by atoms with van der Waals surface area (Å²) in [6.07, 6.45) is 0. The Labute approximate surface area is 251 Å². The van der Waals surface area contributed by atoms with Gasteiger partial charge in [0.05, 0.1) is 28.0 Å². The zero-order chi connectivity index (χ0) is 29.4. The Morgan fingerprint density at radius 3 is 2.02 bits per heavy atom. The number of para-hydroxylation sites is 3. The van der Waals surface area contributed by atoms with Crippen molar-refractivity contribution >= 4 is 11.0 Å². The maximum Gasteiger partial charge on any atom is 0.149 e. The number of benzene rings is 5. The molecule has 208 valence electrons. The van der Waals surface area contributed by atoms with Gasteiger partial charge in [0.25, 0.3) is 0 Å². The third-order valence-electron chi connectivity index (χ3n) is 8.20. The largest absolute Gasteiger partial charge is 0.507 e. The highest BCUT2D eigenvalue weighted by Crippen LogP contribution is 2.38. The molecule has 0 atom stereocenters. The van der Waals surface area contributed by atoms with E-state index in [1.165, 1.54) is 5.56 Å². The Balaban J connectivity index is 1.36. The molecule has 0 fully saturated rings. The molecule has 0 bridgehead atoms. The van der Waals surface area contributed by atoms with Crippen LogP contribution in [0.25, 0.3) is 50.5 Å². The SMILES string of the molecule is CC(C)(c1ccccc1)c1cccc(-c2cccc(-c3cccc4c3nc(-c3ccccc3O)n4-c3ccccc3)c2)n1. The van der Waals surface area contributed by atoms with Gasteiger partial charge < -0.3 is 5.11 Å². The second kappa shape index (κ2) is 10.7. The lowest BCUT2D eigenvalue weighted by molar-refractivity contribution is 0.477. The van der Waals surface area contributed by atoms with Gasteiger partial charge in [-0.3, -0.25) is 9.55 Å². The molecule has 5 aromatic carbocycles. The molecule has 0 spiro atoms. The first-order chi connectivity index (χ1) is 21.0. The van der Waals surface area contributed by atoms with Gasteiger partial charge in [-0.05, 0) is 59.7 Å². The van der Waals surface area contributed by atoms with Crippen LogP contribution in [0.3, 0.4) is 0 Å². The summed E-state index contributed by atoms with van der Waals surface area (Å²) in [5.74, 6) is 0.892. The molecule has 0 radical (unpaired) electrons. The quantitative estimate of drug-likeness (QED) is 0.222. The van der Waals surface area contributed by atoms with Gasteiger partial charge in [-0.15, -0.1) is 0 Å². The van der Waals surface area contributed by atoms with Gasteiger partial charge >= 0.3 is 0 Å². The molecule has 2 heterocycles. The number of phenols is 1. The van der Waals surface area contributed by atoms with Crippen LogP contribution in [0.4, 0.5) is 0 Å². The Hall–Kier alpha value is -5.48. The number of hydrogen-bond donors (Lipinski definition) is 1. The van der Waals surface area contributed by atoms with Crippen LogP contribution in [0.15, 0.2) is 146 Å². The lowest BCUT2D eigenvalue weighted by Crippen LogP contribution is -2.20. The van der Waals surface area contributed by atoms with Gasteiger partial charge in [0.15, 0.2) is 0 Å². The zero-order valence-corrected chi connectivity index (χ0v) is 24.1. The van der Waals surface area contributed by atoms with Crippen molar-refractivity contribution in [1.29, 1.82) is 0 Å². The molecule has 7 rings (SSSR count). The van der Waals surface area contributed by atoms with Crippen LogP contribution in [0.1, 0.15) is 25.1 Å². The van der Waals surface area contributed by atoms with Crippen LogP contribution < -0.4 is 0 Å². The summed E-state index contributed by atoms with van der Waals surface area (Å²) in [5, 5.41) is 10.8. The number of aromatic hydroxyl groups is 1. The number of aromatic nitrogens is 3. The molecule has 1 N–H and O–H groups in total. The van der Waals surface area contributed by atoms with E-state index in [4.69, 9.17) is 9.97 Å². The third kappa shape index (κ3) is 4.77. The van der Waals surface area contributed by atoms with Crippen LogP contribution in [0, 0.1) is 0 Å². The number of nitrogens with zero attached hydrogens (tertiary/aromatic N) is 3. The van der Waals surface area contributed by atoms with E-state index in [1.54, 1.807) is 6.07 Å². The molecular weight excluding hydrogens is 526 g/mol. The van der Waals surface area contributed by atoms with Crippen molar-refractivity contribution in [3.63, 3.8) is 0 Å². The molecule has 2 aromatic heterocycles. The van der Waals surface area contributed by atoms with Crippen molar-refractivity contribution < 1.29 is 5.11 Å². The van der Waals surface area contributed by atoms with Crippen molar-refractivity contribution in [3.05, 3.63) is 157 Å². The first-order valence-electron chi connectivity index (χ1n) is 14.5. The normalized spacial score (nSPS) is 11.6. The highest BCUT2D eigenvalue weighted by Gasteiger charge is 2.25. The third-order valence-corrected chi connectivity index (χ3v) is 8.20. The molecule has 4 heteroatoms. The summed E-state index contributed by atoms with van der Waals surface area (Å²) in [7, 11) is 0. The molecule has 0 aliphatic heterocycles. The van der Waals surface area contributed by atoms with Gasteiger partial charge in [-0.25, -0.2) is 4.98 Å². The Morgan fingerprint density at radius 1 is 0.581 bits per heavy atom. The fourth-order valence-electron chi connectivity index (χ4n) is 5.81. The van der Waals surface area contributed by atoms with Crippen molar-refractivity contribution in [2.75, 3.05) is 0 Å². The first kappa shape index (κ1) is 26.4. The first-order valence-corrected chi connectivity index (χ1v) is 14.5. The molecular formula is C39H31N3O. The zero-order valence-electron chi connectivity index (χ0n) is 24.1. The number of hydrogen-bond acceptors (Lipinski definition) is 3. The summed E-state index contributed by atoms with van der Waals surface area (Å²) >= 11 is 0. The number of fused-ring (bicyclic) bond motifs is 1. The van der Waals surface area contributed by atoms with E-state index in [9.17, 15) is 5.11 Å². The van der Waals surface area contributed by atoms with Crippen molar-refractivity contribution in [2.45, 2.75) is 19.3 Å². The predicted octanol–water partition coefficient (Wildman–Crippen LogP) is 9.45. The van der Waals surface area contributed by atoms with Crippen LogP contribution in [-0.4, -0.2) is 19.6 Å². The van der Waals surface area contributed by atoms with Crippen molar-refractivity contribution in [2.24, 2.45) is 0 Å². The summed E-state index contributed by atoms with van der Waals surface area (Å²) in [5.41, 5.74) is 9.58. The molecule has 7 aromatic rings. The minimum Gasteiger partial charge on any atom is -0.507 e. The second-order valence-electron chi connectivity index (χ2n) is 11.3. The second-order valence-corrected chi connectivity index (χ2v) is 11.3. The van der Waals surface area contributed by atoms with E-state index in [-0.39, 0.29) is 11.2 Å². The number of rotatable bonds is 6. The standard InChI is InChI=1S/C39H31N3O/c1-39(2,29-16-5-3-6-17-29)36-25-13-22-33(40-36)28-15-11-14-27(26-28)31-21-12-23-34-37(31)41-38(32-20-9-10-24-35(32)43)42(34)30-18-7-4-8-19-30/h3-26,43H,1-2H3. The van der Waals surface area contributed by atoms with E-state index in [0.29, 0.717) is 11.4 Å². The number of pyridine rings is 1. The monoisotopic (exact) mass is 557 g/mol. The van der Waals surface area contributed by atoms with Crippen molar-refractivity contribution in [1.82, 2.24) is 14.5 Å². The maximum absolute atomic E-state index is 10.8. The minimum atomic E-state index is -0.232. The number of phenolic OH excluding ortho intramolecular Hbond substituents is 1. The highest BCUT2D eigenvalue weighted by molar-refractivity contribution is 5.96. The van der Waals surface area contributed by atoms with Crippen LogP contribution in [0.5, 0.6) is 5.75 Å². The summed E-state index contributed by atoms with van der Waals surface area (Å²) in [6.45, 7) is 4.44. The van der Waals surface area contributed by atoms with Gasteiger partial charge in [0.2, 0.25) is 0 Å². The molecule has 43 heavy (non-hydrogen) atoms. The summed E-state index contributed by atoms with van der Waals surface area (Å²) in [4.78, 5) is 10.3. The Morgan fingerprint density at radius 2 is 1.23 bits per heavy atom. The lowest BCUT2D eigenvalue weighted by Gasteiger charge is -2.25. The predicted molar refractivity (Wildman–Crippen MR) is 175 cm³/mol. The van der Waals surface area contributed by atoms with E-state index in [0.717, 1.165) is 44.8 Å². The highest BCUT2D eigenvalue weighted by atomic mass is 16.3. The topological polar surface area (TPSA) is 50.9 Å². The lowest BCUT2D eigenvalue weighted by atomic mass is 9.81. The van der Waals surface area contributed by atoms with E-state index in [2.05, 4.69) is 115 Å². The molecule has 0 aliphatic carbocycles. The molecule has 0 aliphatic rings. The van der Waals surface area contributed by atoms with E-state index < -0.39 is 0 Å². The van der Waals surface area contributed by atoms with Gasteiger partial charge in [-0.2, -0.15) is 0 Å². The van der Waals surface area contributed by atoms with E-state index in [1.807, 2.05) is 42.5 Å². The van der Waals surface area contributed by atoms with Gasteiger partial charge in [-0.1, -0.05) is 111 Å². The fraction of sp³-hybridized carbons (Fsp3) is 0.0769. The van der Waals surface area contributed by atoms with E-state index >= 15 is 0 Å². The fourth-order valence-corrected chi connectivity index (χ4v) is 5.81. The maximum atomic E-state index is 10.8. The number of imidazole rings is 1. The van der Waals surface area contributed by atoms with Gasteiger partial charge in [0, 0.05) is 22.2 Å². The van der Waals surface area contributed by atoms with Crippen LogP contribution in [-0.2, 0) is 5.41 Å².